The van der Waals surface area contributed by atoms with Crippen LogP contribution in [-0.4, -0.2) is 59.6 Å². The minimum absolute atomic E-state index is 0. The third-order valence-electron chi connectivity index (χ3n) is 6.34. The Morgan fingerprint density at radius 1 is 1.00 bits per heavy atom. The maximum Gasteiger partial charge on any atom is 2.00 e. The first kappa shape index (κ1) is 52.6. The second-order valence-corrected chi connectivity index (χ2v) is 11.2. The normalized spacial score (nSPS) is 14.0. The van der Waals surface area contributed by atoms with Crippen LogP contribution in [0.5, 0.6) is 11.5 Å². The van der Waals surface area contributed by atoms with Crippen LogP contribution in [0.3, 0.4) is 0 Å². The summed E-state index contributed by atoms with van der Waals surface area (Å²) in [4.78, 5) is 2.44. The SMILES string of the molecule is CC1CCNCC1.Cc1cc(Oc2ccc(C(C)(C)O)cc2Br)cc(C)c1N1CC(C)C1.OOCl.[Br-].[CH3-].[CH3-].[H-].[Mg+2].[Y].[Y]. The molecule has 0 aromatic heterocycles. The molecule has 3 N–H and O–H groups in total. The molecular formula is C29H47Br2ClMgN2O4Y2-2. The number of piperidine rings is 1. The molecule has 0 amide bonds. The van der Waals surface area contributed by atoms with E-state index in [9.17, 15) is 5.11 Å². The molecule has 0 saturated carbocycles. The molecule has 2 fully saturated rings. The first-order valence-corrected chi connectivity index (χ1v) is 13.3. The van der Waals surface area contributed by atoms with Crippen LogP contribution in [0.4, 0.5) is 5.69 Å². The predicted molar refractivity (Wildman–Crippen MR) is 167 cm³/mol. The molecule has 0 spiro atoms. The van der Waals surface area contributed by atoms with Crippen molar-refractivity contribution in [2.75, 3.05) is 31.1 Å². The summed E-state index contributed by atoms with van der Waals surface area (Å²) in [7, 11) is 0. The number of aliphatic hydroxyl groups is 1. The molecule has 2 aliphatic heterocycles. The topological polar surface area (TPSA) is 74.2 Å². The number of nitrogens with one attached hydrogen (secondary N) is 1. The van der Waals surface area contributed by atoms with Gasteiger partial charge < -0.3 is 53.3 Å². The summed E-state index contributed by atoms with van der Waals surface area (Å²) in [5, 5.41) is 20.3. The average Bonchev–Trinajstić information content (AvgIpc) is 2.74. The number of hydrogen-bond donors (Lipinski definition) is 3. The minimum atomic E-state index is -0.871. The van der Waals surface area contributed by atoms with Gasteiger partial charge in [-0.3, -0.25) is 0 Å². The number of benzene rings is 2. The number of anilines is 1. The van der Waals surface area contributed by atoms with Crippen LogP contribution in [0.1, 0.15) is 58.7 Å². The van der Waals surface area contributed by atoms with E-state index in [-0.39, 0.29) is 122 Å². The van der Waals surface area contributed by atoms with E-state index >= 15 is 0 Å². The van der Waals surface area contributed by atoms with Gasteiger partial charge in [-0.25, -0.2) is 5.26 Å². The molecule has 228 valence electrons. The molecule has 0 aliphatic carbocycles. The number of aryl methyl sites for hydroxylation is 2. The largest absolute Gasteiger partial charge is 2.00 e. The van der Waals surface area contributed by atoms with Gasteiger partial charge in [-0.05, 0) is 122 Å². The van der Waals surface area contributed by atoms with Gasteiger partial charge in [0.15, 0.2) is 0 Å². The molecule has 0 atom stereocenters. The van der Waals surface area contributed by atoms with E-state index in [1.54, 1.807) is 13.8 Å². The van der Waals surface area contributed by atoms with Crippen molar-refractivity contribution >= 4 is 56.5 Å². The van der Waals surface area contributed by atoms with Gasteiger partial charge in [-0.15, -0.1) is 4.44 Å². The van der Waals surface area contributed by atoms with Gasteiger partial charge in [0, 0.05) is 84.2 Å². The zero-order valence-corrected chi connectivity index (χ0v) is 37.0. The standard InChI is InChI=1S/C21H26BrNO2.C6H13N.2CH3.BrH.ClHO2.Mg.2Y.H/c1-13-11-23(12-13)20-14(2)8-17(9-15(20)3)25-19-7-6-16(10-18(19)22)21(4,5)24;1-6-2-4-7-5-3-6;;;;1-3-2;;;;/h6-10,13,24H,11-12H2,1-5H3;6-7H,2-5H2,1H3;2*1H3;1H;2H;;;;/q;;2*-1;;;+2;;;-1/p-1. The zero-order valence-electron chi connectivity index (χ0n) is 26.9. The Labute approximate surface area is 341 Å². The van der Waals surface area contributed by atoms with Gasteiger partial charge in [-0.2, -0.15) is 0 Å². The van der Waals surface area contributed by atoms with Gasteiger partial charge in [0.05, 0.1) is 21.9 Å². The minimum Gasteiger partial charge on any atom is -1.00 e. The van der Waals surface area contributed by atoms with Gasteiger partial charge in [0.2, 0.25) is 0 Å². The average molecular weight is 885 g/mol. The van der Waals surface area contributed by atoms with Crippen LogP contribution < -0.4 is 31.9 Å². The molecule has 2 heterocycles. The third kappa shape index (κ3) is 18.1. The summed E-state index contributed by atoms with van der Waals surface area (Å²) in [5.74, 6) is 3.34. The molecule has 12 heteroatoms. The fraction of sp³-hybridized carbons (Fsp3) is 0.517. The first-order valence-electron chi connectivity index (χ1n) is 12.2. The van der Waals surface area contributed by atoms with Gasteiger partial charge >= 0.3 is 23.1 Å². The van der Waals surface area contributed by atoms with E-state index in [0.29, 0.717) is 0 Å². The summed E-state index contributed by atoms with van der Waals surface area (Å²) in [6.45, 7) is 17.2. The predicted octanol–water partition coefficient (Wildman–Crippen LogP) is 4.81. The van der Waals surface area contributed by atoms with E-state index < -0.39 is 5.60 Å². The summed E-state index contributed by atoms with van der Waals surface area (Å²) < 4.78 is 9.66. The summed E-state index contributed by atoms with van der Waals surface area (Å²) in [6.07, 6.45) is 2.75. The first-order chi connectivity index (χ1) is 16.5. The van der Waals surface area contributed by atoms with Crippen LogP contribution in [0.25, 0.3) is 0 Å². The van der Waals surface area contributed by atoms with Gasteiger partial charge in [0.1, 0.15) is 11.5 Å². The number of halogens is 3. The van der Waals surface area contributed by atoms with Crippen LogP contribution in [0.2, 0.25) is 0 Å². The van der Waals surface area contributed by atoms with Crippen LogP contribution in [0.15, 0.2) is 34.8 Å². The molecule has 6 nitrogen and oxygen atoms in total. The molecule has 41 heavy (non-hydrogen) atoms. The Morgan fingerprint density at radius 2 is 1.46 bits per heavy atom. The quantitative estimate of drug-likeness (QED) is 0.178. The third-order valence-corrected chi connectivity index (χ3v) is 6.96. The summed E-state index contributed by atoms with van der Waals surface area (Å²) in [6, 6.07) is 9.90. The fourth-order valence-electron chi connectivity index (χ4n) is 4.41. The number of ether oxygens (including phenoxy) is 1. The van der Waals surface area contributed by atoms with Crippen molar-refractivity contribution in [3.8, 4) is 11.5 Å². The van der Waals surface area contributed by atoms with Crippen molar-refractivity contribution in [2.45, 2.75) is 60.0 Å². The molecular weight excluding hydrogens is 838 g/mol. The Morgan fingerprint density at radius 3 is 1.80 bits per heavy atom. The maximum absolute atomic E-state index is 10.1. The van der Waals surface area contributed by atoms with Crippen molar-refractivity contribution in [1.29, 1.82) is 0 Å². The second kappa shape index (κ2) is 26.2. The molecule has 2 radical (unpaired) electrons. The van der Waals surface area contributed by atoms with Crippen molar-refractivity contribution < 1.29 is 103 Å². The van der Waals surface area contributed by atoms with E-state index in [4.69, 9.17) is 9.99 Å². The van der Waals surface area contributed by atoms with E-state index in [2.05, 4.69) is 82.3 Å². The number of nitrogens with zero attached hydrogens (tertiary/aromatic N) is 1. The fourth-order valence-corrected chi connectivity index (χ4v) is 4.87. The van der Waals surface area contributed by atoms with Crippen molar-refractivity contribution in [3.05, 3.63) is 66.3 Å². The second-order valence-electron chi connectivity index (χ2n) is 10.2. The summed E-state index contributed by atoms with van der Waals surface area (Å²) >= 11 is 7.61. The maximum atomic E-state index is 10.1. The van der Waals surface area contributed by atoms with Crippen LogP contribution in [-0.2, 0) is 75.5 Å². The molecule has 0 bridgehead atoms. The van der Waals surface area contributed by atoms with Crippen molar-refractivity contribution in [3.63, 3.8) is 0 Å². The molecule has 2 saturated heterocycles. The monoisotopic (exact) mass is 882 g/mol. The number of rotatable bonds is 4. The van der Waals surface area contributed by atoms with Gasteiger partial charge in [-0.1, -0.05) is 19.9 Å². The Kier molecular flexibility index (Phi) is 33.6. The van der Waals surface area contributed by atoms with Crippen LogP contribution in [0, 0.1) is 40.5 Å². The molecule has 0 unspecified atom stereocenters. The Hall–Kier alpha value is 2.10. The van der Waals surface area contributed by atoms with E-state index in [1.165, 1.54) is 42.7 Å². The molecule has 4 rings (SSSR count). The molecule has 2 aliphatic rings. The summed E-state index contributed by atoms with van der Waals surface area (Å²) in [5.41, 5.74) is 3.80. The number of hydrogen-bond acceptors (Lipinski definition) is 6. The van der Waals surface area contributed by atoms with Gasteiger partial charge in [0.25, 0.3) is 0 Å². The smallest absolute Gasteiger partial charge is 1.00 e. The Balaban J connectivity index is -0.000000166. The van der Waals surface area contributed by atoms with E-state index in [0.717, 1.165) is 46.5 Å². The van der Waals surface area contributed by atoms with Crippen molar-refractivity contribution in [2.24, 2.45) is 11.8 Å². The molecule has 2 aromatic rings. The van der Waals surface area contributed by atoms with Crippen LogP contribution >= 0.6 is 27.8 Å². The Bertz CT molecular complexity index is 947. The van der Waals surface area contributed by atoms with Crippen molar-refractivity contribution in [1.82, 2.24) is 5.32 Å². The zero-order chi connectivity index (χ0) is 26.2. The molecule has 2 aromatic carbocycles. The van der Waals surface area contributed by atoms with E-state index in [1.807, 2.05) is 18.2 Å².